The second-order valence-electron chi connectivity index (χ2n) is 6.18. The van der Waals surface area contributed by atoms with E-state index in [9.17, 15) is 4.39 Å². The minimum Gasteiger partial charge on any atom is -0.497 e. The molecule has 0 amide bonds. The Morgan fingerprint density at radius 3 is 2.34 bits per heavy atom. The van der Waals surface area contributed by atoms with Crippen LogP contribution < -0.4 is 19.5 Å². The maximum absolute atomic E-state index is 14.0. The molecule has 7 heteroatoms. The van der Waals surface area contributed by atoms with Crippen LogP contribution in [0.4, 0.5) is 10.1 Å². The second kappa shape index (κ2) is 9.72. The molecule has 0 atom stereocenters. The van der Waals surface area contributed by atoms with Crippen LogP contribution in [0, 0.1) is 5.82 Å². The van der Waals surface area contributed by atoms with Crippen LogP contribution in [-0.4, -0.2) is 14.2 Å². The first-order chi connectivity index (χ1) is 14.0. The molecule has 3 rings (SSSR count). The predicted octanol–water partition coefficient (Wildman–Crippen LogP) is 6.34. The maximum atomic E-state index is 14.0. The molecule has 0 aliphatic heterocycles. The van der Waals surface area contributed by atoms with Gasteiger partial charge in [0.15, 0.2) is 11.5 Å². The summed E-state index contributed by atoms with van der Waals surface area (Å²) in [6.07, 6.45) is 0. The lowest BCUT2D eigenvalue weighted by Crippen LogP contribution is -2.04. The van der Waals surface area contributed by atoms with Crippen LogP contribution in [0.2, 0.25) is 10.0 Å². The van der Waals surface area contributed by atoms with Gasteiger partial charge in [-0.1, -0.05) is 29.3 Å². The van der Waals surface area contributed by atoms with Crippen molar-refractivity contribution in [3.63, 3.8) is 0 Å². The number of hydrogen-bond acceptors (Lipinski definition) is 4. The highest BCUT2D eigenvalue weighted by Crippen LogP contribution is 2.37. The van der Waals surface area contributed by atoms with E-state index in [-0.39, 0.29) is 12.2 Å². The molecule has 3 aromatic rings. The Morgan fingerprint density at radius 1 is 0.931 bits per heavy atom. The summed E-state index contributed by atoms with van der Waals surface area (Å²) in [7, 11) is 3.15. The molecule has 0 radical (unpaired) electrons. The van der Waals surface area contributed by atoms with Gasteiger partial charge in [-0.15, -0.1) is 0 Å². The third-order valence-corrected chi connectivity index (χ3v) is 4.93. The number of anilines is 1. The molecule has 0 saturated carbocycles. The zero-order chi connectivity index (χ0) is 20.8. The second-order valence-corrected chi connectivity index (χ2v) is 6.99. The lowest BCUT2D eigenvalue weighted by molar-refractivity contribution is 0.280. The number of benzene rings is 3. The highest BCUT2D eigenvalue weighted by Gasteiger charge is 2.15. The first-order valence-electron chi connectivity index (χ1n) is 8.82. The topological polar surface area (TPSA) is 39.7 Å². The van der Waals surface area contributed by atoms with Crippen LogP contribution in [0.15, 0.2) is 54.6 Å². The van der Waals surface area contributed by atoms with Gasteiger partial charge in [0.25, 0.3) is 0 Å². The third kappa shape index (κ3) is 5.25. The Bertz CT molecular complexity index is 960. The molecule has 3 aromatic carbocycles. The van der Waals surface area contributed by atoms with Crippen molar-refractivity contribution >= 4 is 28.9 Å². The van der Waals surface area contributed by atoms with Crippen molar-refractivity contribution in [2.45, 2.75) is 13.2 Å². The smallest absolute Gasteiger partial charge is 0.180 e. The molecule has 0 spiro atoms. The van der Waals surface area contributed by atoms with Gasteiger partial charge >= 0.3 is 0 Å². The molecule has 0 fully saturated rings. The number of rotatable bonds is 8. The monoisotopic (exact) mass is 435 g/mol. The lowest BCUT2D eigenvalue weighted by atomic mass is 10.2. The molecule has 0 heterocycles. The van der Waals surface area contributed by atoms with Crippen molar-refractivity contribution in [3.05, 3.63) is 81.6 Å². The molecule has 0 saturated heterocycles. The molecule has 0 aliphatic rings. The van der Waals surface area contributed by atoms with Crippen molar-refractivity contribution in [2.24, 2.45) is 0 Å². The predicted molar refractivity (Wildman–Crippen MR) is 114 cm³/mol. The molecule has 0 bridgehead atoms. The first kappa shape index (κ1) is 21.1. The van der Waals surface area contributed by atoms with E-state index in [0.717, 1.165) is 17.0 Å². The fourth-order valence-corrected chi connectivity index (χ4v) is 3.25. The standard InChI is InChI=1S/C22H20Cl2FNO3/c1-27-16-8-6-15(7-9-16)26-12-14-10-19(24)22(21(11-14)28-2)29-13-17-18(23)4-3-5-20(17)25/h3-11,26H,12-13H2,1-2H3. The van der Waals surface area contributed by atoms with Crippen LogP contribution in [0.3, 0.4) is 0 Å². The van der Waals surface area contributed by atoms with Crippen molar-refractivity contribution in [1.29, 1.82) is 0 Å². The minimum absolute atomic E-state index is 0.0645. The van der Waals surface area contributed by atoms with E-state index >= 15 is 0 Å². The highest BCUT2D eigenvalue weighted by atomic mass is 35.5. The van der Waals surface area contributed by atoms with Crippen molar-refractivity contribution < 1.29 is 18.6 Å². The van der Waals surface area contributed by atoms with Crippen LogP contribution in [-0.2, 0) is 13.2 Å². The SMILES string of the molecule is COc1ccc(NCc2cc(Cl)c(OCc3c(F)cccc3Cl)c(OC)c2)cc1. The maximum Gasteiger partial charge on any atom is 0.180 e. The fraction of sp³-hybridized carbons (Fsp3) is 0.182. The van der Waals surface area contributed by atoms with Gasteiger partial charge < -0.3 is 19.5 Å². The van der Waals surface area contributed by atoms with Gasteiger partial charge in [-0.3, -0.25) is 0 Å². The van der Waals surface area contributed by atoms with Gasteiger partial charge in [0.2, 0.25) is 0 Å². The van der Waals surface area contributed by atoms with E-state index in [4.69, 9.17) is 37.4 Å². The summed E-state index contributed by atoms with van der Waals surface area (Å²) in [5.74, 6) is 1.14. The molecule has 0 aliphatic carbocycles. The van der Waals surface area contributed by atoms with Crippen LogP contribution >= 0.6 is 23.2 Å². The average molecular weight is 436 g/mol. The largest absolute Gasteiger partial charge is 0.497 e. The summed E-state index contributed by atoms with van der Waals surface area (Å²) in [6.45, 7) is 0.465. The summed E-state index contributed by atoms with van der Waals surface area (Å²) < 4.78 is 30.3. The van der Waals surface area contributed by atoms with Gasteiger partial charge in [0, 0.05) is 17.8 Å². The summed E-state index contributed by atoms with van der Waals surface area (Å²) in [6, 6.07) is 15.7. The van der Waals surface area contributed by atoms with E-state index in [2.05, 4.69) is 5.32 Å². The third-order valence-electron chi connectivity index (χ3n) is 4.30. The number of halogens is 3. The van der Waals surface area contributed by atoms with E-state index < -0.39 is 5.82 Å². The Morgan fingerprint density at radius 2 is 1.69 bits per heavy atom. The number of hydrogen-bond donors (Lipinski definition) is 1. The van der Waals surface area contributed by atoms with Gasteiger partial charge in [-0.2, -0.15) is 0 Å². The summed E-state index contributed by atoms with van der Waals surface area (Å²) in [4.78, 5) is 0. The Labute approximate surface area is 179 Å². The minimum atomic E-state index is -0.437. The van der Waals surface area contributed by atoms with Crippen molar-refractivity contribution in [3.8, 4) is 17.2 Å². The van der Waals surface area contributed by atoms with E-state index in [1.165, 1.54) is 13.2 Å². The fourth-order valence-electron chi connectivity index (χ4n) is 2.74. The van der Waals surface area contributed by atoms with Crippen LogP contribution in [0.1, 0.15) is 11.1 Å². The summed E-state index contributed by atoms with van der Waals surface area (Å²) in [5.41, 5.74) is 2.10. The van der Waals surface area contributed by atoms with E-state index in [1.54, 1.807) is 25.3 Å². The van der Waals surface area contributed by atoms with Crippen molar-refractivity contribution in [1.82, 2.24) is 0 Å². The zero-order valence-corrected chi connectivity index (χ0v) is 17.5. The average Bonchev–Trinajstić information content (AvgIpc) is 2.73. The molecule has 1 N–H and O–H groups in total. The molecule has 152 valence electrons. The number of ether oxygens (including phenoxy) is 3. The van der Waals surface area contributed by atoms with Crippen LogP contribution in [0.25, 0.3) is 0 Å². The molecule has 0 unspecified atom stereocenters. The normalized spacial score (nSPS) is 10.5. The Kier molecular flexibility index (Phi) is 7.07. The lowest BCUT2D eigenvalue weighted by Gasteiger charge is -2.15. The van der Waals surface area contributed by atoms with Gasteiger partial charge in [0.1, 0.15) is 18.2 Å². The number of nitrogens with one attached hydrogen (secondary N) is 1. The van der Waals surface area contributed by atoms with Crippen LogP contribution in [0.5, 0.6) is 17.2 Å². The molecule has 29 heavy (non-hydrogen) atoms. The van der Waals surface area contributed by atoms with Gasteiger partial charge in [-0.05, 0) is 54.1 Å². The first-order valence-corrected chi connectivity index (χ1v) is 9.57. The highest BCUT2D eigenvalue weighted by molar-refractivity contribution is 6.32. The quantitative estimate of drug-likeness (QED) is 0.447. The zero-order valence-electron chi connectivity index (χ0n) is 16.0. The van der Waals surface area contributed by atoms with Gasteiger partial charge in [-0.25, -0.2) is 4.39 Å². The number of methoxy groups -OCH3 is 2. The van der Waals surface area contributed by atoms with Crippen molar-refractivity contribution in [2.75, 3.05) is 19.5 Å². The summed E-state index contributed by atoms with van der Waals surface area (Å²) in [5, 5.41) is 3.96. The molecule has 4 nitrogen and oxygen atoms in total. The Balaban J connectivity index is 1.73. The summed E-state index contributed by atoms with van der Waals surface area (Å²) >= 11 is 12.5. The molecule has 0 aromatic heterocycles. The van der Waals surface area contributed by atoms with E-state index in [1.807, 2.05) is 30.3 Å². The molecular weight excluding hydrogens is 416 g/mol. The molecular formula is C22H20Cl2FNO3. The van der Waals surface area contributed by atoms with E-state index in [0.29, 0.717) is 28.1 Å². The Hall–Kier alpha value is -2.63. The van der Waals surface area contributed by atoms with Gasteiger partial charge in [0.05, 0.1) is 24.3 Å².